The smallest absolute Gasteiger partial charge is 0.0833 e. The summed E-state index contributed by atoms with van der Waals surface area (Å²) in [4.78, 5) is 0. The summed E-state index contributed by atoms with van der Waals surface area (Å²) in [5.74, 6) is 0. The van der Waals surface area contributed by atoms with Gasteiger partial charge in [-0.25, -0.2) is 0 Å². The Morgan fingerprint density at radius 2 is 2.53 bits per heavy atom. The van der Waals surface area contributed by atoms with Gasteiger partial charge >= 0.3 is 0 Å². The van der Waals surface area contributed by atoms with Crippen LogP contribution in [0.1, 0.15) is 37.4 Å². The maximum atomic E-state index is 6.16. The number of hydrogen-bond donors (Lipinski definition) is 1. The molecule has 1 aliphatic heterocycles. The molecule has 0 saturated carbocycles. The third kappa shape index (κ3) is 3.00. The Morgan fingerprint density at radius 1 is 1.71 bits per heavy atom. The second-order valence-electron chi connectivity index (χ2n) is 4.55. The first kappa shape index (κ1) is 12.9. The minimum atomic E-state index is 0.249. The average molecular weight is 258 g/mol. The van der Waals surface area contributed by atoms with Gasteiger partial charge in [0, 0.05) is 13.7 Å². The van der Waals surface area contributed by atoms with Crippen molar-refractivity contribution in [2.45, 2.75) is 37.8 Å². The van der Waals surface area contributed by atoms with Gasteiger partial charge in [-0.2, -0.15) is 5.10 Å². The Morgan fingerprint density at radius 3 is 3.06 bits per heavy atom. The van der Waals surface area contributed by atoms with Gasteiger partial charge in [-0.1, -0.05) is 11.6 Å². The van der Waals surface area contributed by atoms with Gasteiger partial charge in [0.2, 0.25) is 0 Å². The maximum absolute atomic E-state index is 6.16. The van der Waals surface area contributed by atoms with E-state index in [-0.39, 0.29) is 6.04 Å². The van der Waals surface area contributed by atoms with Crippen molar-refractivity contribution in [1.29, 1.82) is 0 Å². The maximum Gasteiger partial charge on any atom is 0.0833 e. The summed E-state index contributed by atoms with van der Waals surface area (Å²) in [7, 11) is 3.89. The lowest BCUT2D eigenvalue weighted by molar-refractivity contribution is 0.0996. The van der Waals surface area contributed by atoms with Crippen molar-refractivity contribution in [2.75, 3.05) is 13.7 Å². The van der Waals surface area contributed by atoms with Crippen molar-refractivity contribution in [3.8, 4) is 0 Å². The summed E-state index contributed by atoms with van der Waals surface area (Å²) in [6.07, 6.45) is 6.62. The third-order valence-electron chi connectivity index (χ3n) is 3.42. The molecule has 1 aliphatic rings. The second-order valence-corrected chi connectivity index (χ2v) is 4.96. The van der Waals surface area contributed by atoms with Crippen LogP contribution in [0, 0.1) is 0 Å². The van der Waals surface area contributed by atoms with Crippen LogP contribution in [0.4, 0.5) is 0 Å². The first-order valence-corrected chi connectivity index (χ1v) is 6.56. The van der Waals surface area contributed by atoms with Gasteiger partial charge in [-0.15, -0.1) is 0 Å². The molecule has 2 atom stereocenters. The molecule has 0 aliphatic carbocycles. The van der Waals surface area contributed by atoms with Crippen LogP contribution in [0.3, 0.4) is 0 Å². The molecule has 1 aromatic rings. The van der Waals surface area contributed by atoms with Crippen LogP contribution >= 0.6 is 11.6 Å². The summed E-state index contributed by atoms with van der Waals surface area (Å²) in [6, 6.07) is 0.249. The Balaban J connectivity index is 1.96. The summed E-state index contributed by atoms with van der Waals surface area (Å²) in [5, 5.41) is 8.22. The number of rotatable bonds is 5. The lowest BCUT2D eigenvalue weighted by atomic mass is 10.0. The fraction of sp³-hybridized carbons (Fsp3) is 0.750. The number of nitrogens with one attached hydrogen (secondary N) is 1. The van der Waals surface area contributed by atoms with Gasteiger partial charge < -0.3 is 10.1 Å². The first-order valence-electron chi connectivity index (χ1n) is 6.18. The quantitative estimate of drug-likeness (QED) is 0.880. The Hall–Kier alpha value is -0.580. The molecule has 1 N–H and O–H groups in total. The van der Waals surface area contributed by atoms with E-state index >= 15 is 0 Å². The molecule has 17 heavy (non-hydrogen) atoms. The molecule has 0 radical (unpaired) electrons. The second kappa shape index (κ2) is 5.85. The zero-order valence-electron chi connectivity index (χ0n) is 10.4. The van der Waals surface area contributed by atoms with Gasteiger partial charge in [0.05, 0.1) is 29.1 Å². The molecule has 2 unspecified atom stereocenters. The van der Waals surface area contributed by atoms with Crippen molar-refractivity contribution >= 4 is 11.6 Å². The van der Waals surface area contributed by atoms with Crippen molar-refractivity contribution in [3.05, 3.63) is 16.9 Å². The molecule has 0 bridgehead atoms. The number of halogens is 1. The highest BCUT2D eigenvalue weighted by atomic mass is 35.5. The molecule has 1 saturated heterocycles. The lowest BCUT2D eigenvalue weighted by Crippen LogP contribution is -2.21. The molecule has 0 aromatic carbocycles. The predicted octanol–water partition coefficient (Wildman–Crippen LogP) is 2.29. The van der Waals surface area contributed by atoms with E-state index in [9.17, 15) is 0 Å². The fourth-order valence-corrected chi connectivity index (χ4v) is 2.75. The highest BCUT2D eigenvalue weighted by molar-refractivity contribution is 6.31. The molecule has 5 heteroatoms. The van der Waals surface area contributed by atoms with E-state index in [1.807, 2.05) is 18.8 Å². The highest BCUT2D eigenvalue weighted by Crippen LogP contribution is 2.27. The molecule has 2 heterocycles. The average Bonchev–Trinajstić information content (AvgIpc) is 2.93. The minimum absolute atomic E-state index is 0.249. The zero-order chi connectivity index (χ0) is 12.3. The molecule has 1 fully saturated rings. The van der Waals surface area contributed by atoms with Gasteiger partial charge in [-0.05, 0) is 32.7 Å². The normalized spacial score (nSPS) is 21.9. The van der Waals surface area contributed by atoms with Crippen LogP contribution in [0.15, 0.2) is 6.20 Å². The molecule has 0 amide bonds. The van der Waals surface area contributed by atoms with E-state index in [1.165, 1.54) is 12.8 Å². The lowest BCUT2D eigenvalue weighted by Gasteiger charge is -2.19. The largest absolute Gasteiger partial charge is 0.378 e. The number of aromatic nitrogens is 2. The van der Waals surface area contributed by atoms with E-state index in [0.717, 1.165) is 30.2 Å². The Bertz CT molecular complexity index is 341. The molecular formula is C12H20ClN3O. The number of aryl methyl sites for hydroxylation is 1. The molecule has 1 aromatic heterocycles. The molecule has 0 spiro atoms. The van der Waals surface area contributed by atoms with Gasteiger partial charge in [0.25, 0.3) is 0 Å². The molecular weight excluding hydrogens is 238 g/mol. The third-order valence-corrected chi connectivity index (χ3v) is 3.71. The zero-order valence-corrected chi connectivity index (χ0v) is 11.2. The van der Waals surface area contributed by atoms with Crippen LogP contribution in [0.5, 0.6) is 0 Å². The van der Waals surface area contributed by atoms with E-state index < -0.39 is 0 Å². The van der Waals surface area contributed by atoms with E-state index in [2.05, 4.69) is 10.4 Å². The number of hydrogen-bond acceptors (Lipinski definition) is 3. The monoisotopic (exact) mass is 257 g/mol. The first-order chi connectivity index (χ1) is 8.22. The van der Waals surface area contributed by atoms with Crippen LogP contribution in [0.2, 0.25) is 5.02 Å². The van der Waals surface area contributed by atoms with Gasteiger partial charge in [0.1, 0.15) is 0 Å². The van der Waals surface area contributed by atoms with Crippen LogP contribution < -0.4 is 5.32 Å². The highest BCUT2D eigenvalue weighted by Gasteiger charge is 2.21. The summed E-state index contributed by atoms with van der Waals surface area (Å²) >= 11 is 6.16. The van der Waals surface area contributed by atoms with Gasteiger partial charge in [-0.3, -0.25) is 4.68 Å². The van der Waals surface area contributed by atoms with E-state index in [0.29, 0.717) is 6.10 Å². The minimum Gasteiger partial charge on any atom is -0.378 e. The summed E-state index contributed by atoms with van der Waals surface area (Å²) in [5.41, 5.74) is 1.06. The summed E-state index contributed by atoms with van der Waals surface area (Å²) in [6.45, 7) is 0.918. The van der Waals surface area contributed by atoms with Crippen LogP contribution in [-0.2, 0) is 11.8 Å². The number of nitrogens with zero attached hydrogens (tertiary/aromatic N) is 2. The van der Waals surface area contributed by atoms with Gasteiger partial charge in [0.15, 0.2) is 0 Å². The van der Waals surface area contributed by atoms with Crippen LogP contribution in [0.25, 0.3) is 0 Å². The summed E-state index contributed by atoms with van der Waals surface area (Å²) < 4.78 is 7.49. The van der Waals surface area contributed by atoms with E-state index in [4.69, 9.17) is 16.3 Å². The van der Waals surface area contributed by atoms with Crippen molar-refractivity contribution in [3.63, 3.8) is 0 Å². The Labute approximate surface area is 107 Å². The predicted molar refractivity (Wildman–Crippen MR) is 68.2 cm³/mol. The van der Waals surface area contributed by atoms with Crippen LogP contribution in [-0.4, -0.2) is 29.5 Å². The molecule has 4 nitrogen and oxygen atoms in total. The molecule has 2 rings (SSSR count). The van der Waals surface area contributed by atoms with Crippen molar-refractivity contribution in [1.82, 2.24) is 15.1 Å². The Kier molecular flexibility index (Phi) is 4.42. The topological polar surface area (TPSA) is 39.1 Å². The number of ether oxygens (including phenoxy) is 1. The SMILES string of the molecule is CNC(CCC1CCCO1)c1c(Cl)cnn1C. The van der Waals surface area contributed by atoms with Crippen molar-refractivity contribution in [2.24, 2.45) is 7.05 Å². The fourth-order valence-electron chi connectivity index (χ4n) is 2.45. The van der Waals surface area contributed by atoms with Crippen molar-refractivity contribution < 1.29 is 4.74 Å². The van der Waals surface area contributed by atoms with E-state index in [1.54, 1.807) is 6.20 Å². The standard InChI is InChI=1S/C12H20ClN3O/c1-14-11(6-5-9-4-3-7-17-9)12-10(13)8-15-16(12)2/h8-9,11,14H,3-7H2,1-2H3. The molecule has 96 valence electrons.